The van der Waals surface area contributed by atoms with Crippen molar-refractivity contribution in [3.63, 3.8) is 0 Å². The summed E-state index contributed by atoms with van der Waals surface area (Å²) in [5, 5.41) is 2.38. The molecule has 0 bridgehead atoms. The van der Waals surface area contributed by atoms with Crippen LogP contribution in [0.15, 0.2) is 30.3 Å². The van der Waals surface area contributed by atoms with Gasteiger partial charge in [0.2, 0.25) is 0 Å². The quantitative estimate of drug-likeness (QED) is 0.611. The van der Waals surface area contributed by atoms with E-state index in [1.54, 1.807) is 37.3 Å². The summed E-state index contributed by atoms with van der Waals surface area (Å²) in [5.74, 6) is -1.50. The monoisotopic (exact) mass is 226 g/mol. The first-order valence-electron chi connectivity index (χ1n) is 4.50. The molecular weight excluding hydrogens is 216 g/mol. The minimum atomic E-state index is -0.787. The smallest absolute Gasteiger partial charge is 0.330 e. The number of anilines is 1. The van der Waals surface area contributed by atoms with Crippen LogP contribution >= 0.6 is 11.8 Å². The molecule has 0 aliphatic heterocycles. The number of hydrogen-bond acceptors (Lipinski definition) is 2. The van der Waals surface area contributed by atoms with Crippen LogP contribution in [0.1, 0.15) is 6.92 Å². The largest absolute Gasteiger partial charge is 0.348 e. The van der Waals surface area contributed by atoms with E-state index in [4.69, 9.17) is 11.8 Å². The predicted octanol–water partition coefficient (Wildman–Crippen LogP) is 1.31. The third-order valence-corrected chi connectivity index (χ3v) is 2.04. The minimum Gasteiger partial charge on any atom is -0.348 e. The van der Waals surface area contributed by atoms with Crippen LogP contribution in [0.5, 0.6) is 0 Å². The number of benzene rings is 1. The molecule has 0 saturated carbocycles. The molecule has 1 aromatic rings. The Kier molecular flexibility index (Phi) is 4.12. The molecule has 5 heteroatoms. The minimum absolute atomic E-state index is 0.393. The van der Waals surface area contributed by atoms with Crippen LogP contribution in [-0.2, 0) is 9.59 Å². The van der Waals surface area contributed by atoms with E-state index < -0.39 is 11.8 Å². The Labute approximate surface area is 92.9 Å². The number of halogens is 1. The molecule has 0 heterocycles. The predicted molar refractivity (Wildman–Crippen MR) is 58.5 cm³/mol. The van der Waals surface area contributed by atoms with Gasteiger partial charge in [-0.1, -0.05) is 18.2 Å². The summed E-state index contributed by atoms with van der Waals surface area (Å²) < 4.78 is 0.797. The standard InChI is InChI=1S/C10H11ClN2O2/c1-2-12-9(14)10(15)13(11)8-6-4-3-5-7-8/h3-7H,2H2,1H3,(H,12,14). The van der Waals surface area contributed by atoms with Gasteiger partial charge in [0.05, 0.1) is 5.69 Å². The number of nitrogens with one attached hydrogen (secondary N) is 1. The third-order valence-electron chi connectivity index (χ3n) is 1.69. The maximum absolute atomic E-state index is 11.4. The molecule has 0 aliphatic carbocycles. The first-order chi connectivity index (χ1) is 7.16. The van der Waals surface area contributed by atoms with Crippen LogP contribution in [0.25, 0.3) is 0 Å². The maximum Gasteiger partial charge on any atom is 0.330 e. The zero-order valence-corrected chi connectivity index (χ0v) is 8.99. The lowest BCUT2D eigenvalue weighted by Gasteiger charge is -2.12. The summed E-state index contributed by atoms with van der Waals surface area (Å²) in [6, 6.07) is 8.55. The second-order valence-corrected chi connectivity index (χ2v) is 3.12. The highest BCUT2D eigenvalue weighted by Crippen LogP contribution is 2.15. The summed E-state index contributed by atoms with van der Waals surface area (Å²) in [6.45, 7) is 2.12. The number of amides is 2. The zero-order valence-electron chi connectivity index (χ0n) is 8.24. The van der Waals surface area contributed by atoms with E-state index in [0.29, 0.717) is 12.2 Å². The molecule has 1 aromatic carbocycles. The highest BCUT2D eigenvalue weighted by atomic mass is 35.5. The van der Waals surface area contributed by atoms with Gasteiger partial charge in [-0.15, -0.1) is 0 Å². The van der Waals surface area contributed by atoms with Gasteiger partial charge in [-0.3, -0.25) is 9.59 Å². The first-order valence-corrected chi connectivity index (χ1v) is 4.83. The molecule has 0 aliphatic rings. The Bertz CT molecular complexity index is 354. The van der Waals surface area contributed by atoms with E-state index in [-0.39, 0.29) is 0 Å². The molecule has 15 heavy (non-hydrogen) atoms. The average molecular weight is 227 g/mol. The Morgan fingerprint density at radius 2 is 1.93 bits per heavy atom. The SMILES string of the molecule is CCNC(=O)C(=O)N(Cl)c1ccccc1. The van der Waals surface area contributed by atoms with Crippen LogP contribution in [-0.4, -0.2) is 18.4 Å². The summed E-state index contributed by atoms with van der Waals surface area (Å²) >= 11 is 5.71. The van der Waals surface area contributed by atoms with Crippen LogP contribution in [0.2, 0.25) is 0 Å². The van der Waals surface area contributed by atoms with Crippen molar-refractivity contribution < 1.29 is 9.59 Å². The lowest BCUT2D eigenvalue weighted by atomic mass is 10.3. The summed E-state index contributed by atoms with van der Waals surface area (Å²) in [5.41, 5.74) is 0.468. The van der Waals surface area contributed by atoms with Crippen molar-refractivity contribution in [1.29, 1.82) is 0 Å². The van der Waals surface area contributed by atoms with E-state index in [9.17, 15) is 9.59 Å². The van der Waals surface area contributed by atoms with Crippen molar-refractivity contribution in [1.82, 2.24) is 5.32 Å². The molecule has 0 atom stereocenters. The van der Waals surface area contributed by atoms with Gasteiger partial charge in [-0.05, 0) is 19.1 Å². The van der Waals surface area contributed by atoms with Gasteiger partial charge >= 0.3 is 11.8 Å². The molecule has 4 nitrogen and oxygen atoms in total. The van der Waals surface area contributed by atoms with E-state index in [1.165, 1.54) is 0 Å². The molecule has 1 N–H and O–H groups in total. The van der Waals surface area contributed by atoms with Crippen LogP contribution < -0.4 is 9.74 Å². The summed E-state index contributed by atoms with van der Waals surface area (Å²) in [4.78, 5) is 22.6. The lowest BCUT2D eigenvalue weighted by molar-refractivity contribution is -0.136. The molecule has 0 unspecified atom stereocenters. The van der Waals surface area contributed by atoms with Crippen LogP contribution in [0.3, 0.4) is 0 Å². The topological polar surface area (TPSA) is 49.4 Å². The molecule has 0 radical (unpaired) electrons. The number of nitrogens with zero attached hydrogens (tertiary/aromatic N) is 1. The average Bonchev–Trinajstić information content (AvgIpc) is 2.28. The number of carbonyl (C=O) groups excluding carboxylic acids is 2. The van der Waals surface area contributed by atoms with E-state index in [0.717, 1.165) is 4.42 Å². The fraction of sp³-hybridized carbons (Fsp3) is 0.200. The van der Waals surface area contributed by atoms with Crippen molar-refractivity contribution >= 4 is 29.3 Å². The van der Waals surface area contributed by atoms with Gasteiger partial charge in [-0.25, -0.2) is 4.42 Å². The second-order valence-electron chi connectivity index (χ2n) is 2.78. The van der Waals surface area contributed by atoms with Gasteiger partial charge in [0.15, 0.2) is 0 Å². The Hall–Kier alpha value is -1.55. The number of para-hydroxylation sites is 1. The first kappa shape index (κ1) is 11.5. The normalized spacial score (nSPS) is 9.47. The van der Waals surface area contributed by atoms with Crippen molar-refractivity contribution in [2.24, 2.45) is 0 Å². The molecule has 80 valence electrons. The zero-order chi connectivity index (χ0) is 11.3. The lowest BCUT2D eigenvalue weighted by Crippen LogP contribution is -2.38. The molecule has 0 saturated heterocycles. The molecule has 0 aromatic heterocycles. The third kappa shape index (κ3) is 2.95. The highest BCUT2D eigenvalue weighted by Gasteiger charge is 2.20. The summed E-state index contributed by atoms with van der Waals surface area (Å²) in [7, 11) is 0. The Balaban J connectivity index is 2.73. The fourth-order valence-corrected chi connectivity index (χ4v) is 1.19. The van der Waals surface area contributed by atoms with Gasteiger partial charge in [0.1, 0.15) is 0 Å². The van der Waals surface area contributed by atoms with Crippen molar-refractivity contribution in [2.75, 3.05) is 11.0 Å². The fourth-order valence-electron chi connectivity index (χ4n) is 1.00. The molecule has 1 rings (SSSR count). The number of carbonyl (C=O) groups is 2. The molecular formula is C10H11ClN2O2. The van der Waals surface area contributed by atoms with Crippen molar-refractivity contribution in [3.05, 3.63) is 30.3 Å². The van der Waals surface area contributed by atoms with E-state index in [2.05, 4.69) is 5.32 Å². The summed E-state index contributed by atoms with van der Waals surface area (Å²) in [6.07, 6.45) is 0. The van der Waals surface area contributed by atoms with Crippen LogP contribution in [0.4, 0.5) is 5.69 Å². The highest BCUT2D eigenvalue weighted by molar-refractivity contribution is 6.52. The van der Waals surface area contributed by atoms with E-state index in [1.807, 2.05) is 0 Å². The number of hydrogen-bond donors (Lipinski definition) is 1. The van der Waals surface area contributed by atoms with Crippen molar-refractivity contribution in [2.45, 2.75) is 6.92 Å². The van der Waals surface area contributed by atoms with Gasteiger partial charge in [0, 0.05) is 18.3 Å². The Morgan fingerprint density at radius 1 is 1.33 bits per heavy atom. The number of likely N-dealkylation sites (N-methyl/N-ethyl adjacent to an activating group) is 1. The molecule has 2 amide bonds. The van der Waals surface area contributed by atoms with Gasteiger partial charge in [-0.2, -0.15) is 0 Å². The van der Waals surface area contributed by atoms with Gasteiger partial charge in [0.25, 0.3) is 0 Å². The van der Waals surface area contributed by atoms with E-state index >= 15 is 0 Å². The van der Waals surface area contributed by atoms with Crippen molar-refractivity contribution in [3.8, 4) is 0 Å². The second kappa shape index (κ2) is 5.36. The van der Waals surface area contributed by atoms with Crippen LogP contribution in [0, 0.1) is 0 Å². The Morgan fingerprint density at radius 3 is 2.47 bits per heavy atom. The van der Waals surface area contributed by atoms with Gasteiger partial charge < -0.3 is 5.32 Å². The molecule has 0 fully saturated rings. The molecule has 0 spiro atoms. The number of rotatable bonds is 2. The maximum atomic E-state index is 11.4.